The van der Waals surface area contributed by atoms with Gasteiger partial charge in [-0.3, -0.25) is 0 Å². The monoisotopic (exact) mass is 277 g/mol. The second-order valence-electron chi connectivity index (χ2n) is 5.89. The van der Waals surface area contributed by atoms with E-state index < -0.39 is 6.10 Å². The first-order chi connectivity index (χ1) is 9.70. The fraction of sp³-hybridized carbons (Fsp3) is 0.647. The molecule has 0 bridgehead atoms. The second-order valence-corrected chi connectivity index (χ2v) is 5.89. The Labute approximate surface area is 122 Å². The molecule has 0 saturated heterocycles. The molecule has 0 unspecified atom stereocenters. The van der Waals surface area contributed by atoms with E-state index in [2.05, 4.69) is 6.92 Å². The molecule has 1 aromatic carbocycles. The molecule has 0 aromatic heterocycles. The van der Waals surface area contributed by atoms with Crippen molar-refractivity contribution in [3.05, 3.63) is 29.8 Å². The standard InChI is InChI=1S/C17H27NO2/c1-13(14-6-3-2-4-7-14)20-16-9-5-8-15(12-16)17(19)10-11-18/h5,8-9,12-14,17,19H,2-4,6-7,10-11,18H2,1H3/t13-,17-/m1/s1. The minimum atomic E-state index is -0.492. The van der Waals surface area contributed by atoms with Crippen LogP contribution in [0.5, 0.6) is 5.75 Å². The van der Waals surface area contributed by atoms with Crippen LogP contribution in [0.2, 0.25) is 0 Å². The quantitative estimate of drug-likeness (QED) is 0.837. The van der Waals surface area contributed by atoms with Crippen LogP contribution in [-0.2, 0) is 0 Å². The van der Waals surface area contributed by atoms with Gasteiger partial charge in [-0.1, -0.05) is 31.4 Å². The molecule has 1 aliphatic carbocycles. The van der Waals surface area contributed by atoms with Crippen molar-refractivity contribution in [1.29, 1.82) is 0 Å². The maximum Gasteiger partial charge on any atom is 0.120 e. The summed E-state index contributed by atoms with van der Waals surface area (Å²) in [6.07, 6.45) is 6.91. The summed E-state index contributed by atoms with van der Waals surface area (Å²) in [6.45, 7) is 2.66. The van der Waals surface area contributed by atoms with Gasteiger partial charge in [0.05, 0.1) is 12.2 Å². The van der Waals surface area contributed by atoms with Crippen LogP contribution < -0.4 is 10.5 Å². The number of rotatable bonds is 6. The van der Waals surface area contributed by atoms with Gasteiger partial charge in [-0.25, -0.2) is 0 Å². The van der Waals surface area contributed by atoms with Crippen LogP contribution in [0, 0.1) is 5.92 Å². The van der Waals surface area contributed by atoms with E-state index in [4.69, 9.17) is 10.5 Å². The van der Waals surface area contributed by atoms with E-state index in [-0.39, 0.29) is 6.10 Å². The number of hydrogen-bond acceptors (Lipinski definition) is 3. The summed E-state index contributed by atoms with van der Waals surface area (Å²) in [6, 6.07) is 7.79. The summed E-state index contributed by atoms with van der Waals surface area (Å²) in [7, 11) is 0. The fourth-order valence-corrected chi connectivity index (χ4v) is 3.03. The number of ether oxygens (including phenoxy) is 1. The SMILES string of the molecule is C[C@@H](Oc1cccc([C@H](O)CCN)c1)C1CCCCC1. The van der Waals surface area contributed by atoms with Crippen molar-refractivity contribution in [2.45, 2.75) is 57.7 Å². The lowest BCUT2D eigenvalue weighted by Gasteiger charge is -2.28. The average molecular weight is 277 g/mol. The third-order valence-electron chi connectivity index (χ3n) is 4.32. The Kier molecular flexibility index (Phi) is 5.86. The Hall–Kier alpha value is -1.06. The average Bonchev–Trinajstić information content (AvgIpc) is 2.48. The molecular formula is C17H27NO2. The van der Waals surface area contributed by atoms with Crippen molar-refractivity contribution in [3.63, 3.8) is 0 Å². The van der Waals surface area contributed by atoms with Crippen LogP contribution in [0.4, 0.5) is 0 Å². The maximum atomic E-state index is 9.99. The van der Waals surface area contributed by atoms with Crippen molar-refractivity contribution in [2.24, 2.45) is 11.7 Å². The molecule has 0 heterocycles. The van der Waals surface area contributed by atoms with Gasteiger partial charge in [-0.05, 0) is 56.3 Å². The van der Waals surface area contributed by atoms with Gasteiger partial charge in [0, 0.05) is 0 Å². The molecule has 2 atom stereocenters. The molecule has 0 aliphatic heterocycles. The summed E-state index contributed by atoms with van der Waals surface area (Å²) in [4.78, 5) is 0. The lowest BCUT2D eigenvalue weighted by atomic mass is 9.86. The first-order valence-corrected chi connectivity index (χ1v) is 7.85. The maximum absolute atomic E-state index is 9.99. The van der Waals surface area contributed by atoms with Crippen LogP contribution in [0.15, 0.2) is 24.3 Å². The number of aliphatic hydroxyl groups excluding tert-OH is 1. The third kappa shape index (κ3) is 4.22. The number of hydrogen-bond donors (Lipinski definition) is 2. The Morgan fingerprint density at radius 2 is 2.05 bits per heavy atom. The summed E-state index contributed by atoms with van der Waals surface area (Å²) < 4.78 is 6.08. The highest BCUT2D eigenvalue weighted by atomic mass is 16.5. The predicted molar refractivity (Wildman–Crippen MR) is 81.7 cm³/mol. The van der Waals surface area contributed by atoms with E-state index in [1.807, 2.05) is 24.3 Å². The zero-order chi connectivity index (χ0) is 14.4. The van der Waals surface area contributed by atoms with Crippen LogP contribution >= 0.6 is 0 Å². The van der Waals surface area contributed by atoms with Gasteiger partial charge in [0.2, 0.25) is 0 Å². The molecule has 20 heavy (non-hydrogen) atoms. The zero-order valence-corrected chi connectivity index (χ0v) is 12.4. The first-order valence-electron chi connectivity index (χ1n) is 7.85. The summed E-state index contributed by atoms with van der Waals surface area (Å²) in [5.74, 6) is 1.53. The topological polar surface area (TPSA) is 55.5 Å². The van der Waals surface area contributed by atoms with E-state index >= 15 is 0 Å². The fourth-order valence-electron chi connectivity index (χ4n) is 3.03. The van der Waals surface area contributed by atoms with Crippen molar-refractivity contribution in [3.8, 4) is 5.75 Å². The van der Waals surface area contributed by atoms with E-state index in [1.54, 1.807) is 0 Å². The van der Waals surface area contributed by atoms with Crippen LogP contribution in [0.1, 0.15) is 57.1 Å². The second kappa shape index (κ2) is 7.65. The Morgan fingerprint density at radius 1 is 1.30 bits per heavy atom. The highest BCUT2D eigenvalue weighted by molar-refractivity contribution is 5.30. The number of aliphatic hydroxyl groups is 1. The van der Waals surface area contributed by atoms with Gasteiger partial charge in [0.25, 0.3) is 0 Å². The minimum Gasteiger partial charge on any atom is -0.490 e. The highest BCUT2D eigenvalue weighted by Crippen LogP contribution is 2.29. The Morgan fingerprint density at radius 3 is 2.75 bits per heavy atom. The third-order valence-corrected chi connectivity index (χ3v) is 4.32. The van der Waals surface area contributed by atoms with E-state index in [0.717, 1.165) is 11.3 Å². The van der Waals surface area contributed by atoms with Gasteiger partial charge in [0.15, 0.2) is 0 Å². The van der Waals surface area contributed by atoms with E-state index in [9.17, 15) is 5.11 Å². The molecule has 3 heteroatoms. The molecule has 0 amide bonds. The van der Waals surface area contributed by atoms with Crippen LogP contribution in [0.25, 0.3) is 0 Å². The normalized spacial score (nSPS) is 19.6. The lowest BCUT2D eigenvalue weighted by molar-refractivity contribution is 0.122. The summed E-state index contributed by atoms with van der Waals surface area (Å²) >= 11 is 0. The van der Waals surface area contributed by atoms with E-state index in [0.29, 0.717) is 18.9 Å². The van der Waals surface area contributed by atoms with Gasteiger partial charge >= 0.3 is 0 Å². The molecule has 112 valence electrons. The molecule has 1 fully saturated rings. The van der Waals surface area contributed by atoms with Crippen molar-refractivity contribution < 1.29 is 9.84 Å². The molecular weight excluding hydrogens is 250 g/mol. The molecule has 1 aromatic rings. The molecule has 1 saturated carbocycles. The summed E-state index contributed by atoms with van der Waals surface area (Å²) in [5, 5.41) is 9.99. The van der Waals surface area contributed by atoms with Crippen molar-refractivity contribution in [1.82, 2.24) is 0 Å². The zero-order valence-electron chi connectivity index (χ0n) is 12.4. The predicted octanol–water partition coefficient (Wildman–Crippen LogP) is 3.42. The van der Waals surface area contributed by atoms with Gasteiger partial charge < -0.3 is 15.6 Å². The molecule has 3 nitrogen and oxygen atoms in total. The van der Waals surface area contributed by atoms with Crippen LogP contribution in [0.3, 0.4) is 0 Å². The smallest absolute Gasteiger partial charge is 0.120 e. The van der Waals surface area contributed by atoms with Crippen LogP contribution in [-0.4, -0.2) is 17.8 Å². The molecule has 1 aliphatic rings. The van der Waals surface area contributed by atoms with Gasteiger partial charge in [0.1, 0.15) is 5.75 Å². The first kappa shape index (κ1) is 15.3. The van der Waals surface area contributed by atoms with E-state index in [1.165, 1.54) is 32.1 Å². The van der Waals surface area contributed by atoms with Gasteiger partial charge in [-0.15, -0.1) is 0 Å². The van der Waals surface area contributed by atoms with Crippen molar-refractivity contribution >= 4 is 0 Å². The molecule has 0 radical (unpaired) electrons. The van der Waals surface area contributed by atoms with Crippen molar-refractivity contribution in [2.75, 3.05) is 6.54 Å². The molecule has 3 N–H and O–H groups in total. The summed E-state index contributed by atoms with van der Waals surface area (Å²) in [5.41, 5.74) is 6.38. The highest BCUT2D eigenvalue weighted by Gasteiger charge is 2.21. The minimum absolute atomic E-state index is 0.247. The number of nitrogens with two attached hydrogens (primary N) is 1. The largest absolute Gasteiger partial charge is 0.490 e. The Balaban J connectivity index is 1.96. The lowest BCUT2D eigenvalue weighted by Crippen LogP contribution is -2.25. The Bertz CT molecular complexity index is 402. The molecule has 0 spiro atoms. The molecule has 2 rings (SSSR count). The number of benzene rings is 1. The van der Waals surface area contributed by atoms with Gasteiger partial charge in [-0.2, -0.15) is 0 Å².